The van der Waals surface area contributed by atoms with Crippen molar-refractivity contribution in [3.05, 3.63) is 58.2 Å². The summed E-state index contributed by atoms with van der Waals surface area (Å²) >= 11 is 13.1. The van der Waals surface area contributed by atoms with Gasteiger partial charge in [0.25, 0.3) is 0 Å². The van der Waals surface area contributed by atoms with E-state index in [1.165, 1.54) is 0 Å². The lowest BCUT2D eigenvalue weighted by molar-refractivity contribution is 0.341. The minimum absolute atomic E-state index is 0.214. The van der Waals surface area contributed by atoms with Gasteiger partial charge in [0.2, 0.25) is 5.95 Å². The Hall–Kier alpha value is -2.87. The van der Waals surface area contributed by atoms with E-state index >= 15 is 0 Å². The second kappa shape index (κ2) is 9.17. The fourth-order valence-electron chi connectivity index (χ4n) is 4.27. The van der Waals surface area contributed by atoms with Gasteiger partial charge >= 0.3 is 0 Å². The lowest BCUT2D eigenvalue weighted by Gasteiger charge is -2.24. The van der Waals surface area contributed by atoms with Crippen molar-refractivity contribution < 1.29 is 5.11 Å². The molecule has 1 atom stereocenters. The number of aromatic nitrogens is 4. The van der Waals surface area contributed by atoms with Gasteiger partial charge in [-0.2, -0.15) is 4.98 Å². The van der Waals surface area contributed by atoms with Gasteiger partial charge in [-0.05, 0) is 63.0 Å². The number of rotatable bonds is 5. The summed E-state index contributed by atoms with van der Waals surface area (Å²) in [6, 6.07) is 10.8. The molecular formula is C24H24Cl2N6O. The third-order valence-corrected chi connectivity index (χ3v) is 6.70. The summed E-state index contributed by atoms with van der Waals surface area (Å²) in [5.41, 5.74) is 3.54. The molecule has 7 nitrogen and oxygen atoms in total. The van der Waals surface area contributed by atoms with Gasteiger partial charge in [0, 0.05) is 17.8 Å². The van der Waals surface area contributed by atoms with E-state index in [4.69, 9.17) is 33.2 Å². The van der Waals surface area contributed by atoms with Crippen LogP contribution in [0.25, 0.3) is 22.6 Å². The molecule has 0 unspecified atom stereocenters. The summed E-state index contributed by atoms with van der Waals surface area (Å²) in [5.74, 6) is 1.77. The summed E-state index contributed by atoms with van der Waals surface area (Å²) in [7, 11) is 0. The summed E-state index contributed by atoms with van der Waals surface area (Å²) in [6.45, 7) is 4.56. The van der Waals surface area contributed by atoms with Crippen molar-refractivity contribution in [3.8, 4) is 17.1 Å². The van der Waals surface area contributed by atoms with Crippen molar-refractivity contribution in [1.29, 1.82) is 0 Å². The smallest absolute Gasteiger partial charge is 0.229 e. The number of fused-ring (bicyclic) bond motifs is 1. The fraction of sp³-hybridized carbons (Fsp3) is 0.292. The van der Waals surface area contributed by atoms with E-state index in [9.17, 15) is 5.11 Å². The van der Waals surface area contributed by atoms with Gasteiger partial charge in [-0.3, -0.25) is 0 Å². The van der Waals surface area contributed by atoms with Gasteiger partial charge < -0.3 is 20.3 Å². The molecule has 170 valence electrons. The third kappa shape index (κ3) is 4.36. The van der Waals surface area contributed by atoms with Crippen molar-refractivity contribution in [2.45, 2.75) is 26.3 Å². The molecule has 2 aromatic heterocycles. The molecule has 1 aliphatic heterocycles. The van der Waals surface area contributed by atoms with Crippen LogP contribution in [0.2, 0.25) is 10.0 Å². The highest BCUT2D eigenvalue weighted by molar-refractivity contribution is 6.39. The molecule has 0 radical (unpaired) electrons. The van der Waals surface area contributed by atoms with Crippen LogP contribution in [0.3, 0.4) is 0 Å². The van der Waals surface area contributed by atoms with Crippen LogP contribution < -0.4 is 10.6 Å². The Balaban J connectivity index is 1.62. The van der Waals surface area contributed by atoms with E-state index in [1.54, 1.807) is 18.3 Å². The van der Waals surface area contributed by atoms with E-state index < -0.39 is 0 Å². The summed E-state index contributed by atoms with van der Waals surface area (Å²) < 4.78 is 2.10. The highest BCUT2D eigenvalue weighted by atomic mass is 35.5. The Morgan fingerprint density at radius 2 is 1.94 bits per heavy atom. The summed E-state index contributed by atoms with van der Waals surface area (Å²) in [4.78, 5) is 14.1. The molecule has 0 saturated carbocycles. The predicted molar refractivity (Wildman–Crippen MR) is 132 cm³/mol. The second-order valence-electron chi connectivity index (χ2n) is 8.33. The Labute approximate surface area is 201 Å². The Kier molecular flexibility index (Phi) is 6.10. The molecule has 3 N–H and O–H groups in total. The largest absolute Gasteiger partial charge is 0.508 e. The maximum atomic E-state index is 10.0. The average molecular weight is 483 g/mol. The summed E-state index contributed by atoms with van der Waals surface area (Å²) in [5, 5.41) is 17.8. The maximum Gasteiger partial charge on any atom is 0.229 e. The molecule has 0 amide bonds. The molecule has 5 rings (SSSR count). The molecule has 1 fully saturated rings. The van der Waals surface area contributed by atoms with E-state index in [0.29, 0.717) is 44.5 Å². The highest BCUT2D eigenvalue weighted by Crippen LogP contribution is 2.36. The van der Waals surface area contributed by atoms with Gasteiger partial charge in [-0.15, -0.1) is 0 Å². The minimum atomic E-state index is 0.214. The number of phenols is 1. The van der Waals surface area contributed by atoms with Crippen LogP contribution in [0.1, 0.15) is 18.4 Å². The lowest BCUT2D eigenvalue weighted by Crippen LogP contribution is -2.32. The number of aromatic hydroxyl groups is 1. The van der Waals surface area contributed by atoms with Crippen LogP contribution >= 0.6 is 23.2 Å². The molecule has 0 bridgehead atoms. The quantitative estimate of drug-likeness (QED) is 0.345. The first-order valence-corrected chi connectivity index (χ1v) is 11.7. The number of hydrogen-bond acceptors (Lipinski definition) is 6. The molecule has 1 aliphatic rings. The molecule has 0 aliphatic carbocycles. The monoisotopic (exact) mass is 482 g/mol. The van der Waals surface area contributed by atoms with E-state index in [-0.39, 0.29) is 5.75 Å². The number of benzene rings is 2. The molecule has 4 aromatic rings. The standard InChI is InChI=1S/C24H24Cl2N6O/c1-14-18(8-3-9-20(14)33)30-24-28-12-19-22(31-24)32(13-15-5-4-10-27-11-15)23(29-19)21-16(25)6-2-7-17(21)26/h2-3,6-9,12,15,27,33H,4-5,10-11,13H2,1H3,(H,28,30,31)/t15-/m1/s1. The van der Waals surface area contributed by atoms with Gasteiger partial charge in [0.05, 0.1) is 21.8 Å². The third-order valence-electron chi connectivity index (χ3n) is 6.07. The van der Waals surface area contributed by atoms with Crippen molar-refractivity contribution >= 4 is 46.0 Å². The molecular weight excluding hydrogens is 459 g/mol. The Morgan fingerprint density at radius 1 is 1.15 bits per heavy atom. The molecule has 2 aromatic carbocycles. The zero-order valence-electron chi connectivity index (χ0n) is 18.1. The first kappa shape index (κ1) is 21.9. The number of hydrogen-bond donors (Lipinski definition) is 3. The number of phenolic OH excluding ortho intramolecular Hbond substituents is 1. The minimum Gasteiger partial charge on any atom is -0.508 e. The number of piperidine rings is 1. The predicted octanol–water partition coefficient (Wildman–Crippen LogP) is 5.56. The number of anilines is 2. The van der Waals surface area contributed by atoms with Crippen LogP contribution in [0, 0.1) is 12.8 Å². The maximum absolute atomic E-state index is 10.0. The average Bonchev–Trinajstić information content (AvgIpc) is 3.15. The molecule has 3 heterocycles. The highest BCUT2D eigenvalue weighted by Gasteiger charge is 2.23. The van der Waals surface area contributed by atoms with E-state index in [0.717, 1.165) is 43.7 Å². The van der Waals surface area contributed by atoms with Crippen molar-refractivity contribution in [3.63, 3.8) is 0 Å². The van der Waals surface area contributed by atoms with Crippen LogP contribution in [-0.2, 0) is 6.54 Å². The topological polar surface area (TPSA) is 87.9 Å². The zero-order chi connectivity index (χ0) is 22.9. The van der Waals surface area contributed by atoms with E-state index in [1.807, 2.05) is 31.2 Å². The first-order valence-electron chi connectivity index (χ1n) is 10.9. The summed E-state index contributed by atoms with van der Waals surface area (Å²) in [6.07, 6.45) is 3.96. The Morgan fingerprint density at radius 3 is 2.70 bits per heavy atom. The fourth-order valence-corrected chi connectivity index (χ4v) is 4.84. The van der Waals surface area contributed by atoms with Crippen molar-refractivity contribution in [2.24, 2.45) is 5.92 Å². The SMILES string of the molecule is Cc1c(O)cccc1Nc1ncc2nc(-c3c(Cl)cccc3Cl)n(C[C@@H]3CCCNC3)c2n1. The van der Waals surface area contributed by atoms with Gasteiger partial charge in [-0.1, -0.05) is 35.3 Å². The number of imidazole rings is 1. The van der Waals surface area contributed by atoms with Gasteiger partial charge in [0.15, 0.2) is 5.65 Å². The second-order valence-corrected chi connectivity index (χ2v) is 9.15. The van der Waals surface area contributed by atoms with Crippen LogP contribution in [0.5, 0.6) is 5.75 Å². The van der Waals surface area contributed by atoms with Crippen LogP contribution in [0.15, 0.2) is 42.6 Å². The zero-order valence-corrected chi connectivity index (χ0v) is 19.7. The van der Waals surface area contributed by atoms with Crippen LogP contribution in [0.4, 0.5) is 11.6 Å². The van der Waals surface area contributed by atoms with Crippen molar-refractivity contribution in [2.75, 3.05) is 18.4 Å². The van der Waals surface area contributed by atoms with E-state index in [2.05, 4.69) is 20.2 Å². The van der Waals surface area contributed by atoms with Gasteiger partial charge in [-0.25, -0.2) is 9.97 Å². The number of nitrogens with one attached hydrogen (secondary N) is 2. The number of nitrogens with zero attached hydrogens (tertiary/aromatic N) is 4. The lowest BCUT2D eigenvalue weighted by atomic mass is 9.99. The molecule has 33 heavy (non-hydrogen) atoms. The molecule has 0 spiro atoms. The normalized spacial score (nSPS) is 16.3. The first-order chi connectivity index (χ1) is 16.0. The van der Waals surface area contributed by atoms with Crippen molar-refractivity contribution in [1.82, 2.24) is 24.8 Å². The van der Waals surface area contributed by atoms with Gasteiger partial charge in [0.1, 0.15) is 17.1 Å². The van der Waals surface area contributed by atoms with Crippen LogP contribution in [-0.4, -0.2) is 37.7 Å². The molecule has 1 saturated heterocycles. The Bertz CT molecular complexity index is 1300. The molecule has 9 heteroatoms. The number of halogens is 2.